The molecule has 0 N–H and O–H groups in total. The molecule has 0 aromatic carbocycles. The zero-order chi connectivity index (χ0) is 43.2. The Kier molecular flexibility index (Phi) is 50.7. The zero-order valence-corrected chi connectivity index (χ0v) is 41.9. The van der Waals surface area contributed by atoms with Gasteiger partial charge in [0.15, 0.2) is 0 Å². The van der Waals surface area contributed by atoms with Crippen LogP contribution in [0, 0.1) is 0 Å². The van der Waals surface area contributed by atoms with Gasteiger partial charge in [0.1, 0.15) is 0 Å². The van der Waals surface area contributed by atoms with Gasteiger partial charge in [-0.2, -0.15) is 0 Å². The molecule has 0 saturated carbocycles. The summed E-state index contributed by atoms with van der Waals surface area (Å²) in [5.41, 5.74) is 0. The average Bonchev–Trinajstić information content (AvgIpc) is 3.13. The van der Waals surface area contributed by atoms with Gasteiger partial charge < -0.3 is 27.8 Å². The second-order valence-electron chi connectivity index (χ2n) is 19.7. The molecule has 0 aromatic heterocycles. The van der Waals surface area contributed by atoms with Crippen LogP contribution in [0.3, 0.4) is 0 Å². The van der Waals surface area contributed by atoms with Crippen molar-refractivity contribution in [3.63, 3.8) is 0 Å². The highest BCUT2D eigenvalue weighted by molar-refractivity contribution is 7.43. The molecule has 0 aromatic rings. The minimum Gasteiger partial charge on any atom is -0.790 e. The summed E-state index contributed by atoms with van der Waals surface area (Å²) < 4.78 is 16.3. The Morgan fingerprint density at radius 1 is 0.316 bits per heavy atom. The van der Waals surface area contributed by atoms with Crippen LogP contribution in [0.15, 0.2) is 0 Å². The maximum absolute atomic E-state index is 10.0. The van der Waals surface area contributed by atoms with Crippen molar-refractivity contribution in [3.05, 3.63) is 0 Å². The van der Waals surface area contributed by atoms with Crippen LogP contribution < -0.4 is 9.79 Å². The third-order valence-corrected chi connectivity index (χ3v) is 11.6. The SMILES string of the molecule is CCCCCCCCCCCCCCCCCC[N+](C)(C)C.CCCCCCCCCCCCCCCCCC[N+](C)(C)C.CCCCCCCCOP(=O)([O-])[O-]. The van der Waals surface area contributed by atoms with Crippen LogP contribution in [0.1, 0.15) is 265 Å². The monoisotopic (exact) mass is 833 g/mol. The maximum Gasteiger partial charge on any atom is 0.0780 e. The number of hydrogen-bond acceptors (Lipinski definition) is 4. The summed E-state index contributed by atoms with van der Waals surface area (Å²) >= 11 is 0. The van der Waals surface area contributed by atoms with Gasteiger partial charge in [0, 0.05) is 0 Å². The molecule has 57 heavy (non-hydrogen) atoms. The summed E-state index contributed by atoms with van der Waals surface area (Å²) in [6.07, 6.45) is 52.9. The Morgan fingerprint density at radius 2 is 0.491 bits per heavy atom. The predicted octanol–water partition coefficient (Wildman–Crippen LogP) is 15.1. The fourth-order valence-corrected chi connectivity index (χ4v) is 7.68. The lowest BCUT2D eigenvalue weighted by atomic mass is 10.0. The van der Waals surface area contributed by atoms with Crippen molar-refractivity contribution in [2.45, 2.75) is 265 Å². The molecule has 0 fully saturated rings. The third kappa shape index (κ3) is 70.9. The predicted molar refractivity (Wildman–Crippen MR) is 252 cm³/mol. The van der Waals surface area contributed by atoms with Crippen LogP contribution in [0.2, 0.25) is 0 Å². The Labute approximate surface area is 361 Å². The Bertz CT molecular complexity index is 731. The lowest BCUT2D eigenvalue weighted by Crippen LogP contribution is -2.35. The van der Waals surface area contributed by atoms with Crippen molar-refractivity contribution in [1.29, 1.82) is 0 Å². The number of quaternary nitrogens is 2. The molecule has 7 heteroatoms. The van der Waals surface area contributed by atoms with E-state index in [-0.39, 0.29) is 6.61 Å². The van der Waals surface area contributed by atoms with E-state index in [9.17, 15) is 14.4 Å². The summed E-state index contributed by atoms with van der Waals surface area (Å²) in [5.74, 6) is 0. The fraction of sp³-hybridized carbons (Fsp3) is 1.00. The van der Waals surface area contributed by atoms with Crippen molar-refractivity contribution in [3.8, 4) is 0 Å². The molecule has 0 aliphatic heterocycles. The molecule has 0 heterocycles. The van der Waals surface area contributed by atoms with Gasteiger partial charge in [0.25, 0.3) is 0 Å². The summed E-state index contributed by atoms with van der Waals surface area (Å²) in [5, 5.41) is 0. The van der Waals surface area contributed by atoms with Crippen molar-refractivity contribution in [2.75, 3.05) is 62.0 Å². The first-order chi connectivity index (χ1) is 27.2. The highest BCUT2D eigenvalue weighted by Crippen LogP contribution is 2.25. The highest BCUT2D eigenvalue weighted by Gasteiger charge is 2.06. The lowest BCUT2D eigenvalue weighted by Gasteiger charge is -2.28. The minimum atomic E-state index is -4.73. The van der Waals surface area contributed by atoms with Gasteiger partial charge in [0.05, 0.1) is 69.8 Å². The van der Waals surface area contributed by atoms with Crippen LogP contribution in [0.4, 0.5) is 0 Å². The van der Waals surface area contributed by atoms with E-state index in [1.807, 2.05) is 0 Å². The highest BCUT2D eigenvalue weighted by atomic mass is 31.2. The molecule has 0 atom stereocenters. The first-order valence-corrected chi connectivity index (χ1v) is 26.9. The van der Waals surface area contributed by atoms with Gasteiger partial charge in [-0.15, -0.1) is 0 Å². The Balaban J connectivity index is -0.000000795. The summed E-state index contributed by atoms with van der Waals surface area (Å²) in [4.78, 5) is 20.0. The molecule has 0 aliphatic carbocycles. The van der Waals surface area contributed by atoms with Gasteiger partial charge in [-0.3, -0.25) is 0 Å². The van der Waals surface area contributed by atoms with E-state index in [1.54, 1.807) is 0 Å². The van der Waals surface area contributed by atoms with Crippen LogP contribution in [0.5, 0.6) is 0 Å². The van der Waals surface area contributed by atoms with Crippen molar-refractivity contribution in [2.24, 2.45) is 0 Å². The second-order valence-corrected chi connectivity index (χ2v) is 20.8. The zero-order valence-electron chi connectivity index (χ0n) is 41.0. The number of hydrogen-bond donors (Lipinski definition) is 0. The molecule has 6 nitrogen and oxygen atoms in total. The molecule has 0 radical (unpaired) electrons. The third-order valence-electron chi connectivity index (χ3n) is 11.1. The largest absolute Gasteiger partial charge is 0.790 e. The summed E-state index contributed by atoms with van der Waals surface area (Å²) in [7, 11) is 9.05. The first-order valence-electron chi connectivity index (χ1n) is 25.5. The fourth-order valence-electron chi connectivity index (χ4n) is 7.33. The van der Waals surface area contributed by atoms with Crippen LogP contribution >= 0.6 is 7.82 Å². The molecule has 348 valence electrons. The molecular weight excluding hydrogens is 724 g/mol. The quantitative estimate of drug-likeness (QED) is 0.0349. The van der Waals surface area contributed by atoms with Crippen molar-refractivity contribution >= 4 is 7.82 Å². The van der Waals surface area contributed by atoms with Crippen molar-refractivity contribution < 1.29 is 27.8 Å². The molecule has 0 aliphatic rings. The van der Waals surface area contributed by atoms with Crippen LogP contribution in [-0.2, 0) is 9.09 Å². The molecular formula is C50H109N2O4P. The molecule has 0 rings (SSSR count). The average molecular weight is 833 g/mol. The number of nitrogens with zero attached hydrogens (tertiary/aromatic N) is 2. The van der Waals surface area contributed by atoms with Gasteiger partial charge >= 0.3 is 0 Å². The van der Waals surface area contributed by atoms with Gasteiger partial charge in [-0.05, 0) is 32.1 Å². The number of unbranched alkanes of at least 4 members (excludes halogenated alkanes) is 35. The van der Waals surface area contributed by atoms with E-state index >= 15 is 0 Å². The standard InChI is InChI=1S/2C21H46N.C8H19O4P/c2*1-5-6-7-8-9-10-11-12-13-14-15-16-17-18-19-20-21-22(2,3)4;1-2-3-4-5-6-7-8-12-13(9,10)11/h2*5-21H2,1-4H3;2-8H2,1H3,(H2,9,10,11)/q2*+1;/p-2. The molecule has 0 saturated heterocycles. The van der Waals surface area contributed by atoms with Crippen LogP contribution in [0.25, 0.3) is 0 Å². The maximum atomic E-state index is 10.0. The topological polar surface area (TPSA) is 72.4 Å². The number of rotatable bonds is 42. The first kappa shape index (κ1) is 61.3. The van der Waals surface area contributed by atoms with E-state index in [4.69, 9.17) is 0 Å². The lowest BCUT2D eigenvalue weighted by molar-refractivity contribution is -0.870. The molecule has 0 spiro atoms. The van der Waals surface area contributed by atoms with E-state index in [2.05, 4.69) is 67.6 Å². The molecule has 0 bridgehead atoms. The van der Waals surface area contributed by atoms with E-state index in [0.717, 1.165) is 21.8 Å². The smallest absolute Gasteiger partial charge is 0.0780 e. The normalized spacial score (nSPS) is 12.0. The number of phosphoric acid groups is 1. The minimum absolute atomic E-state index is 0.0381. The van der Waals surface area contributed by atoms with Crippen molar-refractivity contribution in [1.82, 2.24) is 0 Å². The Hall–Kier alpha value is 0.0300. The van der Waals surface area contributed by atoms with Gasteiger partial charge in [-0.1, -0.05) is 233 Å². The van der Waals surface area contributed by atoms with E-state index in [0.29, 0.717) is 6.42 Å². The molecule has 0 amide bonds. The molecule has 0 unspecified atom stereocenters. The summed E-state index contributed by atoms with van der Waals surface area (Å²) in [6.45, 7) is 9.43. The number of phosphoric ester groups is 1. The van der Waals surface area contributed by atoms with E-state index in [1.165, 1.54) is 238 Å². The second kappa shape index (κ2) is 47.1. The van der Waals surface area contributed by atoms with Gasteiger partial charge in [-0.25, -0.2) is 0 Å². The van der Waals surface area contributed by atoms with Crippen LogP contribution in [-0.4, -0.2) is 70.9 Å². The van der Waals surface area contributed by atoms with E-state index < -0.39 is 7.82 Å². The summed E-state index contributed by atoms with van der Waals surface area (Å²) in [6, 6.07) is 0. The van der Waals surface area contributed by atoms with Gasteiger partial charge in [0.2, 0.25) is 0 Å². The Morgan fingerprint density at radius 3 is 0.667 bits per heavy atom.